The fraction of sp³-hybridized carbons (Fsp3) is 0.643. The van der Waals surface area contributed by atoms with Gasteiger partial charge in [-0.05, 0) is 45.1 Å². The molecule has 2 aromatic rings. The Bertz CT molecular complexity index is 605. The van der Waals surface area contributed by atoms with Crippen LogP contribution in [0.5, 0.6) is 0 Å². The van der Waals surface area contributed by atoms with Crippen molar-refractivity contribution >= 4 is 16.7 Å². The lowest BCUT2D eigenvalue weighted by Crippen LogP contribution is -2.43. The molecule has 6 heteroatoms. The van der Waals surface area contributed by atoms with Crippen LogP contribution in [0.2, 0.25) is 0 Å². The molecule has 2 aromatic heterocycles. The fourth-order valence-electron chi connectivity index (χ4n) is 3.70. The second-order valence-corrected chi connectivity index (χ2v) is 6.77. The van der Waals surface area contributed by atoms with E-state index in [-0.39, 0.29) is 0 Å². The molecule has 0 aliphatic carbocycles. The second kappa shape index (κ2) is 4.55. The topological polar surface area (TPSA) is 46.8 Å². The Morgan fingerprint density at radius 1 is 1.15 bits per heavy atom. The minimum absolute atomic E-state index is 0.548. The molecular formula is C14H19N5S. The summed E-state index contributed by atoms with van der Waals surface area (Å²) in [5, 5.41) is 5.63. The summed E-state index contributed by atoms with van der Waals surface area (Å²) < 4.78 is 6.51. The molecule has 4 rings (SSSR count). The first kappa shape index (κ1) is 12.3. The van der Waals surface area contributed by atoms with Crippen LogP contribution in [0, 0.1) is 13.8 Å². The van der Waals surface area contributed by atoms with Crippen LogP contribution in [0.4, 0.5) is 5.13 Å². The molecule has 4 heterocycles. The van der Waals surface area contributed by atoms with Gasteiger partial charge < -0.3 is 4.90 Å². The maximum Gasteiger partial charge on any atom is 0.205 e. The summed E-state index contributed by atoms with van der Waals surface area (Å²) in [5.74, 6) is 0.897. The van der Waals surface area contributed by atoms with Crippen molar-refractivity contribution in [2.45, 2.75) is 57.7 Å². The molecule has 2 fully saturated rings. The van der Waals surface area contributed by atoms with E-state index in [2.05, 4.69) is 37.2 Å². The van der Waals surface area contributed by atoms with Crippen molar-refractivity contribution in [3.05, 3.63) is 23.8 Å². The third-order valence-electron chi connectivity index (χ3n) is 4.55. The Hall–Kier alpha value is -1.43. The molecular weight excluding hydrogens is 270 g/mol. The number of piperidine rings is 1. The van der Waals surface area contributed by atoms with E-state index >= 15 is 0 Å². The largest absolute Gasteiger partial charge is 0.341 e. The van der Waals surface area contributed by atoms with Crippen LogP contribution in [0.25, 0.3) is 0 Å². The predicted molar refractivity (Wildman–Crippen MR) is 79.2 cm³/mol. The highest BCUT2D eigenvalue weighted by molar-refractivity contribution is 7.09. The van der Waals surface area contributed by atoms with Gasteiger partial charge in [-0.2, -0.15) is 9.47 Å². The van der Waals surface area contributed by atoms with Crippen LogP contribution in [0.1, 0.15) is 43.1 Å². The quantitative estimate of drug-likeness (QED) is 0.853. The molecule has 2 bridgehead atoms. The van der Waals surface area contributed by atoms with Gasteiger partial charge in [0.2, 0.25) is 5.13 Å². The van der Waals surface area contributed by atoms with E-state index in [1.807, 2.05) is 13.1 Å². The Morgan fingerprint density at radius 3 is 2.45 bits per heavy atom. The van der Waals surface area contributed by atoms with E-state index < -0.39 is 0 Å². The molecule has 5 nitrogen and oxygen atoms in total. The smallest absolute Gasteiger partial charge is 0.205 e. The third-order valence-corrected chi connectivity index (χ3v) is 5.37. The van der Waals surface area contributed by atoms with Crippen molar-refractivity contribution in [3.63, 3.8) is 0 Å². The van der Waals surface area contributed by atoms with Gasteiger partial charge in [0.25, 0.3) is 0 Å². The maximum atomic E-state index is 4.59. The molecule has 0 radical (unpaired) electrons. The molecule has 0 spiro atoms. The molecule has 0 saturated carbocycles. The molecule has 2 saturated heterocycles. The van der Waals surface area contributed by atoms with Gasteiger partial charge in [-0.1, -0.05) is 0 Å². The Kier molecular flexibility index (Phi) is 2.80. The highest BCUT2D eigenvalue weighted by Crippen LogP contribution is 2.43. The Balaban J connectivity index is 1.58. The third kappa shape index (κ3) is 1.93. The summed E-state index contributed by atoms with van der Waals surface area (Å²) in [7, 11) is 0. The molecule has 2 unspecified atom stereocenters. The molecule has 0 amide bonds. The number of aryl methyl sites for hydroxylation is 2. The Morgan fingerprint density at radius 2 is 1.90 bits per heavy atom. The van der Waals surface area contributed by atoms with Crippen LogP contribution >= 0.6 is 11.5 Å². The lowest BCUT2D eigenvalue weighted by Gasteiger charge is -2.38. The summed E-state index contributed by atoms with van der Waals surface area (Å²) in [6, 6.07) is 1.76. The van der Waals surface area contributed by atoms with Gasteiger partial charge in [-0.15, -0.1) is 0 Å². The van der Waals surface area contributed by atoms with Crippen molar-refractivity contribution in [3.8, 4) is 0 Å². The van der Waals surface area contributed by atoms with Gasteiger partial charge in [-0.3, -0.25) is 4.68 Å². The highest BCUT2D eigenvalue weighted by atomic mass is 32.1. The lowest BCUT2D eigenvalue weighted by molar-refractivity contribution is 0.314. The first-order valence-electron chi connectivity index (χ1n) is 7.30. The fourth-order valence-corrected chi connectivity index (χ4v) is 4.52. The van der Waals surface area contributed by atoms with E-state index in [0.717, 1.165) is 11.0 Å². The van der Waals surface area contributed by atoms with E-state index in [1.165, 1.54) is 31.2 Å². The van der Waals surface area contributed by atoms with Crippen molar-refractivity contribution in [1.29, 1.82) is 0 Å². The second-order valence-electron chi connectivity index (χ2n) is 6.04. The minimum Gasteiger partial charge on any atom is -0.341 e. The SMILES string of the molecule is Cc1cnn(C2CC3CCC(C2)N3c2nc(C)ns2)c1. The number of hydrogen-bond acceptors (Lipinski definition) is 5. The Labute approximate surface area is 122 Å². The lowest BCUT2D eigenvalue weighted by atomic mass is 9.98. The number of fused-ring (bicyclic) bond motifs is 2. The highest BCUT2D eigenvalue weighted by Gasteiger charge is 2.42. The van der Waals surface area contributed by atoms with Gasteiger partial charge >= 0.3 is 0 Å². The summed E-state index contributed by atoms with van der Waals surface area (Å²) in [6.07, 6.45) is 9.05. The zero-order valence-electron chi connectivity index (χ0n) is 11.9. The number of hydrogen-bond donors (Lipinski definition) is 0. The van der Waals surface area contributed by atoms with Crippen molar-refractivity contribution in [1.82, 2.24) is 19.1 Å². The van der Waals surface area contributed by atoms with Crippen LogP contribution in [0.15, 0.2) is 12.4 Å². The van der Waals surface area contributed by atoms with Crippen LogP contribution < -0.4 is 4.90 Å². The van der Waals surface area contributed by atoms with Crippen LogP contribution in [-0.2, 0) is 0 Å². The summed E-state index contributed by atoms with van der Waals surface area (Å²) in [6.45, 7) is 4.08. The number of anilines is 1. The van der Waals surface area contributed by atoms with Crippen molar-refractivity contribution in [2.75, 3.05) is 4.90 Å². The van der Waals surface area contributed by atoms with E-state index in [9.17, 15) is 0 Å². The first-order chi connectivity index (χ1) is 9.70. The molecule has 0 N–H and O–H groups in total. The molecule has 106 valence electrons. The number of rotatable bonds is 2. The predicted octanol–water partition coefficient (Wildman–Crippen LogP) is 2.72. The van der Waals surface area contributed by atoms with Gasteiger partial charge in [-0.25, -0.2) is 4.98 Å². The van der Waals surface area contributed by atoms with Gasteiger partial charge in [0, 0.05) is 29.8 Å². The van der Waals surface area contributed by atoms with E-state index in [0.29, 0.717) is 18.1 Å². The van der Waals surface area contributed by atoms with Gasteiger partial charge in [0.1, 0.15) is 5.82 Å². The minimum atomic E-state index is 0.548. The van der Waals surface area contributed by atoms with Crippen LogP contribution in [-0.4, -0.2) is 31.2 Å². The monoisotopic (exact) mass is 289 g/mol. The first-order valence-corrected chi connectivity index (χ1v) is 8.07. The molecule has 0 aromatic carbocycles. The zero-order chi connectivity index (χ0) is 13.7. The van der Waals surface area contributed by atoms with E-state index in [1.54, 1.807) is 11.5 Å². The molecule has 20 heavy (non-hydrogen) atoms. The average Bonchev–Trinajstić information content (AvgIpc) is 3.09. The van der Waals surface area contributed by atoms with Gasteiger partial charge in [0.05, 0.1) is 12.2 Å². The zero-order valence-corrected chi connectivity index (χ0v) is 12.7. The molecule has 2 aliphatic rings. The van der Waals surface area contributed by atoms with Crippen molar-refractivity contribution in [2.24, 2.45) is 0 Å². The number of aromatic nitrogens is 4. The number of nitrogens with zero attached hydrogens (tertiary/aromatic N) is 5. The standard InChI is InChI=1S/C14H19N5S/c1-9-7-15-18(8-9)13-5-11-3-4-12(6-13)19(11)14-16-10(2)17-20-14/h7-8,11-13H,3-6H2,1-2H3. The maximum absolute atomic E-state index is 4.59. The molecule has 2 aliphatic heterocycles. The van der Waals surface area contributed by atoms with E-state index in [4.69, 9.17) is 0 Å². The van der Waals surface area contributed by atoms with Crippen LogP contribution in [0.3, 0.4) is 0 Å². The van der Waals surface area contributed by atoms with Crippen molar-refractivity contribution < 1.29 is 0 Å². The normalized spacial score (nSPS) is 29.1. The average molecular weight is 289 g/mol. The summed E-state index contributed by atoms with van der Waals surface area (Å²) >= 11 is 1.55. The molecule has 2 atom stereocenters. The summed E-state index contributed by atoms with van der Waals surface area (Å²) in [5.41, 5.74) is 1.25. The van der Waals surface area contributed by atoms with Gasteiger partial charge in [0.15, 0.2) is 0 Å². The summed E-state index contributed by atoms with van der Waals surface area (Å²) in [4.78, 5) is 7.11.